The molecule has 2 aliphatic heterocycles. The third-order valence-corrected chi connectivity index (χ3v) is 10.1. The number of carbonyl (C=O) groups excluding carboxylic acids is 2. The number of amides is 1. The number of ether oxygens (including phenoxy) is 2. The van der Waals surface area contributed by atoms with Crippen molar-refractivity contribution in [3.05, 3.63) is 30.1 Å². The van der Waals surface area contributed by atoms with E-state index in [1.807, 2.05) is 0 Å². The molecule has 0 saturated carbocycles. The average molecular weight is 709 g/mol. The van der Waals surface area contributed by atoms with E-state index >= 15 is 0 Å². The number of quaternary nitrogens is 2. The molecule has 264 valence electrons. The molecule has 0 radical (unpaired) electrons. The van der Waals surface area contributed by atoms with Gasteiger partial charge in [0.1, 0.15) is 11.9 Å². The van der Waals surface area contributed by atoms with Crippen LogP contribution in [0, 0.1) is 5.82 Å². The molecular formula is C26H41F4N4O10PS. The van der Waals surface area contributed by atoms with E-state index < -0.39 is 60.3 Å². The fourth-order valence-corrected chi connectivity index (χ4v) is 6.45. The zero-order valence-corrected chi connectivity index (χ0v) is 27.3. The van der Waals surface area contributed by atoms with Crippen molar-refractivity contribution >= 4 is 29.7 Å². The normalized spacial score (nSPS) is 19.8. The van der Waals surface area contributed by atoms with E-state index in [1.165, 1.54) is 7.05 Å². The molecule has 20 heteroatoms. The summed E-state index contributed by atoms with van der Waals surface area (Å²) in [6.45, 7) is 0.753. The lowest BCUT2D eigenvalue weighted by atomic mass is 9.87. The molecule has 1 spiro atoms. The number of phosphoric ester groups is 1. The first-order valence-corrected chi connectivity index (χ1v) is 17.3. The molecule has 1 aromatic rings. The number of sulfonamides is 1. The largest absolute Gasteiger partial charge is 0.790 e. The summed E-state index contributed by atoms with van der Waals surface area (Å²) in [5.41, 5.74) is 6.64. The van der Waals surface area contributed by atoms with Crippen molar-refractivity contribution in [3.8, 4) is 0 Å². The Kier molecular flexibility index (Phi) is 14.5. The second kappa shape index (κ2) is 16.7. The number of benzene rings is 1. The summed E-state index contributed by atoms with van der Waals surface area (Å²) in [7, 11) is -8.30. The van der Waals surface area contributed by atoms with Gasteiger partial charge in [-0.2, -0.15) is 17.5 Å². The Bertz CT molecular complexity index is 1310. The number of alkyl halides is 3. The Morgan fingerprint density at radius 2 is 1.78 bits per heavy atom. The fraction of sp³-hybridized carbons (Fsp3) is 0.692. The number of nitrogens with zero attached hydrogens (tertiary/aromatic N) is 2. The first-order valence-electron chi connectivity index (χ1n) is 14.4. The summed E-state index contributed by atoms with van der Waals surface area (Å²) in [6, 6.07) is 3.77. The molecule has 2 aliphatic rings. The molecule has 0 bridgehead atoms. The first kappa shape index (κ1) is 40.0. The van der Waals surface area contributed by atoms with E-state index in [2.05, 4.69) is 20.7 Å². The summed E-state index contributed by atoms with van der Waals surface area (Å²) >= 11 is 0. The number of carbonyl (C=O) groups is 2. The monoisotopic (exact) mass is 708 g/mol. The first-order chi connectivity index (χ1) is 21.2. The van der Waals surface area contributed by atoms with E-state index in [4.69, 9.17) is 4.74 Å². The minimum atomic E-state index is -5.72. The number of unbranched alkanes of at least 4 members (excludes halogenated alkanes) is 1. The molecule has 1 amide bonds. The predicted molar refractivity (Wildman–Crippen MR) is 148 cm³/mol. The molecule has 3 rings (SSSR count). The lowest BCUT2D eigenvalue weighted by Crippen LogP contribution is -2.64. The number of hydrogen-bond acceptors (Lipinski definition) is 10. The Morgan fingerprint density at radius 1 is 1.20 bits per heavy atom. The third-order valence-electron chi connectivity index (χ3n) is 7.75. The topological polar surface area (TPSA) is 221 Å². The van der Waals surface area contributed by atoms with Crippen molar-refractivity contribution in [1.82, 2.24) is 9.21 Å². The number of hydrogen-bond donors (Lipinski definition) is 2. The Balaban J connectivity index is 0.000000634. The van der Waals surface area contributed by atoms with E-state index in [0.29, 0.717) is 0 Å². The van der Waals surface area contributed by atoms with Crippen LogP contribution in [0.3, 0.4) is 0 Å². The zero-order chi connectivity index (χ0) is 34.9. The van der Waals surface area contributed by atoms with Crippen LogP contribution >= 0.6 is 7.82 Å². The highest BCUT2D eigenvalue weighted by Crippen LogP contribution is 2.39. The quantitative estimate of drug-likeness (QED) is 0.162. The summed E-state index contributed by atoms with van der Waals surface area (Å²) in [6.07, 6.45) is -5.80. The molecule has 46 heavy (non-hydrogen) atoms. The lowest BCUT2D eigenvalue weighted by Gasteiger charge is -2.39. The van der Waals surface area contributed by atoms with Gasteiger partial charge in [-0.25, -0.2) is 17.6 Å². The molecule has 3 atom stereocenters. The third kappa shape index (κ3) is 12.1. The Labute approximate surface area is 264 Å². The molecule has 2 heterocycles. The van der Waals surface area contributed by atoms with Gasteiger partial charge in [-0.05, 0) is 56.4 Å². The van der Waals surface area contributed by atoms with Crippen LogP contribution in [0.2, 0.25) is 0 Å². The van der Waals surface area contributed by atoms with Crippen molar-refractivity contribution in [3.63, 3.8) is 0 Å². The summed E-state index contributed by atoms with van der Waals surface area (Å²) in [5.74, 6) is -0.390. The number of piperidine rings is 1. The van der Waals surface area contributed by atoms with Crippen LogP contribution in [-0.2, 0) is 33.4 Å². The maximum atomic E-state index is 13.2. The van der Waals surface area contributed by atoms with Crippen LogP contribution < -0.4 is 21.3 Å². The van der Waals surface area contributed by atoms with E-state index in [9.17, 15) is 49.9 Å². The van der Waals surface area contributed by atoms with Crippen molar-refractivity contribution in [2.24, 2.45) is 0 Å². The van der Waals surface area contributed by atoms with E-state index in [0.717, 1.165) is 59.3 Å². The van der Waals surface area contributed by atoms with Gasteiger partial charge in [0.2, 0.25) is 16.1 Å². The standard InChI is InChI=1S/C19H25F4N2O9PS.C7H16N2O/c1-24(36(30,31)15-4-2-13(20)3-5-15)14-10-18(32-11-14)6-8-25(9-7-18)17(26)34-16(19(21,22)23)12-33-35(27,28)29;1-6(10)7(9)4-2-3-5-8/h2-5,14,16H,6-12H2,1H3,(H2,27,28,29);7H,2-5,8-9H2,1H3/t14-,16-;7-/m10/s1. The molecule has 6 N–H and O–H groups in total. The van der Waals surface area contributed by atoms with Gasteiger partial charge in [0, 0.05) is 33.5 Å². The second-order valence-corrected chi connectivity index (χ2v) is 14.3. The van der Waals surface area contributed by atoms with E-state index in [-0.39, 0.29) is 55.7 Å². The Morgan fingerprint density at radius 3 is 2.28 bits per heavy atom. The lowest BCUT2D eigenvalue weighted by molar-refractivity contribution is -0.405. The van der Waals surface area contributed by atoms with E-state index in [1.54, 1.807) is 6.92 Å². The number of halogens is 4. The van der Waals surface area contributed by atoms with Crippen LogP contribution in [0.25, 0.3) is 0 Å². The molecule has 2 saturated heterocycles. The second-order valence-electron chi connectivity index (χ2n) is 11.1. The van der Waals surface area contributed by atoms with Gasteiger partial charge in [-0.15, -0.1) is 0 Å². The van der Waals surface area contributed by atoms with Crippen LogP contribution in [0.5, 0.6) is 0 Å². The molecule has 14 nitrogen and oxygen atoms in total. The number of Topliss-reactive ketones (excluding diaryl/α,β-unsaturated/α-hetero) is 1. The maximum Gasteiger partial charge on any atom is 0.427 e. The number of likely N-dealkylation sites (tertiary alicyclic amines) is 1. The minimum absolute atomic E-state index is 0.00606. The smallest absolute Gasteiger partial charge is 0.427 e. The van der Waals surface area contributed by atoms with Gasteiger partial charge in [0.15, 0.2) is 5.78 Å². The molecule has 0 aromatic heterocycles. The van der Waals surface area contributed by atoms with Gasteiger partial charge in [0.25, 0.3) is 0 Å². The number of rotatable bonds is 12. The van der Waals surface area contributed by atoms with Crippen LogP contribution in [0.15, 0.2) is 29.2 Å². The molecule has 0 aliphatic carbocycles. The zero-order valence-electron chi connectivity index (χ0n) is 25.6. The number of phosphoric acid groups is 1. The summed E-state index contributed by atoms with van der Waals surface area (Å²) in [4.78, 5) is 44.7. The number of ketones is 1. The van der Waals surface area contributed by atoms with Crippen molar-refractivity contribution in [2.45, 2.75) is 80.3 Å². The fourth-order valence-electron chi connectivity index (χ4n) is 4.79. The molecule has 1 aromatic carbocycles. The average Bonchev–Trinajstić information content (AvgIpc) is 3.37. The van der Waals surface area contributed by atoms with Crippen LogP contribution in [0.4, 0.5) is 22.4 Å². The summed E-state index contributed by atoms with van der Waals surface area (Å²) in [5, 5.41) is 0. The van der Waals surface area contributed by atoms with Crippen molar-refractivity contribution in [1.29, 1.82) is 0 Å². The van der Waals surface area contributed by atoms with Gasteiger partial charge in [-0.1, -0.05) is 0 Å². The molecule has 0 unspecified atom stereocenters. The van der Waals surface area contributed by atoms with Gasteiger partial charge in [0.05, 0.1) is 44.1 Å². The maximum absolute atomic E-state index is 13.2. The molecule has 2 fully saturated rings. The molecular weight excluding hydrogens is 667 g/mol. The SMILES string of the molecule is CC(=O)[C@@H]([NH3+])CCCC[NH3+].CN([C@H]1COC2(CCN(C(=O)O[C@H](COP(=O)([O-])[O-])C(F)(F)F)CC2)C1)S(=O)(=O)c1ccc(F)cc1. The highest BCUT2D eigenvalue weighted by molar-refractivity contribution is 7.89. The van der Waals surface area contributed by atoms with Crippen molar-refractivity contribution < 1.29 is 75.4 Å². The highest BCUT2D eigenvalue weighted by atomic mass is 32.2. The predicted octanol–water partition coefficient (Wildman–Crippen LogP) is -0.419. The summed E-state index contributed by atoms with van der Waals surface area (Å²) < 4.78 is 103. The van der Waals surface area contributed by atoms with Crippen LogP contribution in [0.1, 0.15) is 45.4 Å². The number of likely N-dealkylation sites (N-methyl/N-ethyl adjacent to an activating group) is 1. The highest BCUT2D eigenvalue weighted by Gasteiger charge is 2.48. The van der Waals surface area contributed by atoms with Gasteiger partial charge >= 0.3 is 12.3 Å². The minimum Gasteiger partial charge on any atom is -0.790 e. The van der Waals surface area contributed by atoms with Crippen molar-refractivity contribution in [2.75, 3.05) is 39.9 Å². The Hall–Kier alpha value is -2.22. The van der Waals surface area contributed by atoms with Crippen LogP contribution in [-0.4, -0.2) is 99.4 Å². The van der Waals surface area contributed by atoms with Gasteiger partial charge < -0.3 is 44.7 Å². The van der Waals surface area contributed by atoms with Gasteiger partial charge in [-0.3, -0.25) is 4.79 Å².